The van der Waals surface area contributed by atoms with Crippen LogP contribution in [0, 0.1) is 0 Å². The van der Waals surface area contributed by atoms with E-state index in [1.165, 1.54) is 18.1 Å². The van der Waals surface area contributed by atoms with Crippen molar-refractivity contribution in [3.63, 3.8) is 0 Å². The second-order valence-corrected chi connectivity index (χ2v) is 9.05. The third-order valence-corrected chi connectivity index (χ3v) is 6.65. The van der Waals surface area contributed by atoms with Crippen molar-refractivity contribution in [1.29, 1.82) is 0 Å². The summed E-state index contributed by atoms with van der Waals surface area (Å²) in [7, 11) is 1.40. The fourth-order valence-electron chi connectivity index (χ4n) is 4.33. The van der Waals surface area contributed by atoms with Crippen LogP contribution in [0.4, 0.5) is 0 Å². The summed E-state index contributed by atoms with van der Waals surface area (Å²) in [6.45, 7) is 0.862. The minimum atomic E-state index is -0.961. The highest BCUT2D eigenvalue weighted by Gasteiger charge is 2.46. The van der Waals surface area contributed by atoms with Crippen LogP contribution in [0.25, 0.3) is 5.76 Å². The third-order valence-electron chi connectivity index (χ3n) is 6.04. The molecule has 2 aromatic carbocycles. The maximum absolute atomic E-state index is 13.3. The minimum Gasteiger partial charge on any atom is -0.507 e. The summed E-state index contributed by atoms with van der Waals surface area (Å²) in [5.41, 5.74) is 1.42. The molecular formula is C26H21BrN2O7. The first-order valence-electron chi connectivity index (χ1n) is 11.0. The lowest BCUT2D eigenvalue weighted by molar-refractivity contribution is -0.140. The molecule has 1 amide bonds. The first kappa shape index (κ1) is 23.7. The first-order chi connectivity index (χ1) is 17.4. The van der Waals surface area contributed by atoms with Crippen molar-refractivity contribution in [2.75, 3.05) is 20.3 Å². The number of halogens is 1. The van der Waals surface area contributed by atoms with Crippen molar-refractivity contribution in [2.45, 2.75) is 12.6 Å². The molecule has 1 aromatic heterocycles. The van der Waals surface area contributed by atoms with Crippen molar-refractivity contribution in [3.8, 4) is 23.0 Å². The minimum absolute atomic E-state index is 0.0922. The number of ether oxygens (including phenoxy) is 3. The quantitative estimate of drug-likeness (QED) is 0.277. The predicted molar refractivity (Wildman–Crippen MR) is 132 cm³/mol. The van der Waals surface area contributed by atoms with E-state index < -0.39 is 17.7 Å². The van der Waals surface area contributed by atoms with Gasteiger partial charge in [0.2, 0.25) is 0 Å². The molecule has 184 valence electrons. The number of fused-ring (bicyclic) bond motifs is 1. The highest BCUT2D eigenvalue weighted by atomic mass is 79.9. The van der Waals surface area contributed by atoms with E-state index in [2.05, 4.69) is 20.9 Å². The molecule has 1 fully saturated rings. The molecule has 2 aliphatic rings. The van der Waals surface area contributed by atoms with Gasteiger partial charge in [-0.25, -0.2) is 0 Å². The SMILES string of the molecule is COc1cc([C@@H]2/C(=C(\O)c3ccc4c(c3)OCCO4)C(=O)C(=O)N2Cc2ccncc2)cc(Br)c1O. The Morgan fingerprint density at radius 3 is 2.56 bits per heavy atom. The number of pyridine rings is 1. The van der Waals surface area contributed by atoms with E-state index in [9.17, 15) is 19.8 Å². The van der Waals surface area contributed by atoms with E-state index in [4.69, 9.17) is 14.2 Å². The Hall–Kier alpha value is -4.05. The Kier molecular flexibility index (Phi) is 6.27. The van der Waals surface area contributed by atoms with Crippen molar-refractivity contribution < 1.29 is 34.0 Å². The normalized spacial score (nSPS) is 18.4. The Labute approximate surface area is 214 Å². The topological polar surface area (TPSA) is 118 Å². The smallest absolute Gasteiger partial charge is 0.295 e. The van der Waals surface area contributed by atoms with Crippen LogP contribution in [0.2, 0.25) is 0 Å². The lowest BCUT2D eigenvalue weighted by atomic mass is 9.94. The Morgan fingerprint density at radius 1 is 1.11 bits per heavy atom. The van der Waals surface area contributed by atoms with Gasteiger partial charge >= 0.3 is 0 Å². The number of phenolic OH excluding ortho intramolecular Hbond substituents is 1. The number of carbonyl (C=O) groups is 2. The number of amides is 1. The highest BCUT2D eigenvalue weighted by Crippen LogP contribution is 2.45. The number of ketones is 1. The lowest BCUT2D eigenvalue weighted by Crippen LogP contribution is -2.29. The van der Waals surface area contributed by atoms with Gasteiger partial charge < -0.3 is 29.3 Å². The van der Waals surface area contributed by atoms with Gasteiger partial charge in [0.15, 0.2) is 23.0 Å². The van der Waals surface area contributed by atoms with Gasteiger partial charge in [0, 0.05) is 24.5 Å². The van der Waals surface area contributed by atoms with Crippen LogP contribution in [0.5, 0.6) is 23.0 Å². The van der Waals surface area contributed by atoms with Crippen LogP contribution in [0.15, 0.2) is 64.9 Å². The summed E-state index contributed by atoms with van der Waals surface area (Å²) in [6, 6.07) is 10.5. The molecule has 9 nitrogen and oxygen atoms in total. The number of rotatable bonds is 5. The number of phenols is 1. The summed E-state index contributed by atoms with van der Waals surface area (Å²) in [5.74, 6) is -0.964. The van der Waals surface area contributed by atoms with Crippen LogP contribution < -0.4 is 14.2 Å². The number of benzene rings is 2. The average molecular weight is 553 g/mol. The zero-order chi connectivity index (χ0) is 25.4. The van der Waals surface area contributed by atoms with Gasteiger partial charge in [-0.15, -0.1) is 0 Å². The largest absolute Gasteiger partial charge is 0.507 e. The first-order valence-corrected chi connectivity index (χ1v) is 11.8. The number of hydrogen-bond donors (Lipinski definition) is 2. The number of aliphatic hydroxyl groups is 1. The number of Topliss-reactive ketones (excluding diaryl/α,β-unsaturated/α-hetero) is 1. The van der Waals surface area contributed by atoms with Crippen LogP contribution >= 0.6 is 15.9 Å². The van der Waals surface area contributed by atoms with Gasteiger partial charge in [-0.2, -0.15) is 0 Å². The van der Waals surface area contributed by atoms with Crippen molar-refractivity contribution in [2.24, 2.45) is 0 Å². The standard InChI is InChI=1S/C26H21BrN2O7/c1-34-20-12-16(10-17(27)24(20)31)22-21(23(30)15-2-3-18-19(11-15)36-9-8-35-18)25(32)26(33)29(22)13-14-4-6-28-7-5-14/h2-7,10-12,22,30-31H,8-9,13H2,1H3/b23-21+/t22-/m1/s1. The molecule has 0 saturated carbocycles. The maximum atomic E-state index is 13.3. The summed E-state index contributed by atoms with van der Waals surface area (Å²) in [4.78, 5) is 32.0. The number of carbonyl (C=O) groups excluding carboxylic acids is 2. The fourth-order valence-corrected chi connectivity index (χ4v) is 4.79. The molecule has 0 spiro atoms. The molecule has 2 N–H and O–H groups in total. The van der Waals surface area contributed by atoms with Gasteiger partial charge in [0.25, 0.3) is 11.7 Å². The molecule has 1 atom stereocenters. The fraction of sp³-hybridized carbons (Fsp3) is 0.192. The Bertz CT molecular complexity index is 1390. The molecule has 2 aliphatic heterocycles. The van der Waals surface area contributed by atoms with E-state index in [-0.39, 0.29) is 29.4 Å². The molecule has 1 saturated heterocycles. The average Bonchev–Trinajstić information content (AvgIpc) is 3.15. The van der Waals surface area contributed by atoms with Crippen molar-refractivity contribution in [1.82, 2.24) is 9.88 Å². The molecule has 36 heavy (non-hydrogen) atoms. The second-order valence-electron chi connectivity index (χ2n) is 8.19. The molecule has 3 aromatic rings. The second kappa shape index (κ2) is 9.54. The van der Waals surface area contributed by atoms with Gasteiger partial charge in [0.1, 0.15) is 19.0 Å². The van der Waals surface area contributed by atoms with Crippen molar-refractivity contribution in [3.05, 3.63) is 81.6 Å². The van der Waals surface area contributed by atoms with E-state index in [0.717, 1.165) is 5.56 Å². The molecular weight excluding hydrogens is 532 g/mol. The summed E-state index contributed by atoms with van der Waals surface area (Å²) in [5, 5.41) is 21.7. The summed E-state index contributed by atoms with van der Waals surface area (Å²) < 4.78 is 16.8. The number of methoxy groups -OCH3 is 1. The lowest BCUT2D eigenvalue weighted by Gasteiger charge is -2.26. The molecule has 3 heterocycles. The van der Waals surface area contributed by atoms with Gasteiger partial charge in [0.05, 0.1) is 23.2 Å². The molecule has 0 radical (unpaired) electrons. The van der Waals surface area contributed by atoms with Gasteiger partial charge in [-0.1, -0.05) is 0 Å². The molecule has 5 rings (SSSR count). The van der Waals surface area contributed by atoms with E-state index in [0.29, 0.717) is 40.3 Å². The van der Waals surface area contributed by atoms with Gasteiger partial charge in [-0.05, 0) is 69.5 Å². The number of aromatic nitrogens is 1. The van der Waals surface area contributed by atoms with Crippen LogP contribution in [-0.4, -0.2) is 52.1 Å². The van der Waals surface area contributed by atoms with Crippen LogP contribution in [-0.2, 0) is 16.1 Å². The maximum Gasteiger partial charge on any atom is 0.295 e. The molecule has 0 aliphatic carbocycles. The zero-order valence-corrected chi connectivity index (χ0v) is 20.7. The van der Waals surface area contributed by atoms with Crippen molar-refractivity contribution >= 4 is 33.4 Å². The molecule has 10 heteroatoms. The molecule has 0 bridgehead atoms. The summed E-state index contributed by atoms with van der Waals surface area (Å²) in [6.07, 6.45) is 3.19. The molecule has 0 unspecified atom stereocenters. The zero-order valence-electron chi connectivity index (χ0n) is 19.1. The number of aromatic hydroxyl groups is 1. The predicted octanol–water partition coefficient (Wildman–Crippen LogP) is 3.95. The number of aliphatic hydroxyl groups excluding tert-OH is 1. The van der Waals surface area contributed by atoms with Crippen LogP contribution in [0.3, 0.4) is 0 Å². The monoisotopic (exact) mass is 552 g/mol. The van der Waals surface area contributed by atoms with Gasteiger partial charge in [-0.3, -0.25) is 14.6 Å². The third kappa shape index (κ3) is 4.13. The number of hydrogen-bond acceptors (Lipinski definition) is 8. The number of nitrogens with zero attached hydrogens (tertiary/aromatic N) is 2. The number of likely N-dealkylation sites (tertiary alicyclic amines) is 1. The Morgan fingerprint density at radius 2 is 1.83 bits per heavy atom. The van der Waals surface area contributed by atoms with E-state index >= 15 is 0 Å². The Balaban J connectivity index is 1.68. The van der Waals surface area contributed by atoms with E-state index in [1.807, 2.05) is 0 Å². The summed E-state index contributed by atoms with van der Waals surface area (Å²) >= 11 is 3.31. The van der Waals surface area contributed by atoms with Crippen LogP contribution in [0.1, 0.15) is 22.7 Å². The van der Waals surface area contributed by atoms with E-state index in [1.54, 1.807) is 48.8 Å². The highest BCUT2D eigenvalue weighted by molar-refractivity contribution is 9.10.